The Morgan fingerprint density at radius 3 is 2.51 bits per heavy atom. The van der Waals surface area contributed by atoms with Crippen LogP contribution in [0.2, 0.25) is 0 Å². The minimum Gasteiger partial charge on any atom is -0.497 e. The average molecular weight is 553 g/mol. The Morgan fingerprint density at radius 1 is 0.927 bits per heavy atom. The van der Waals surface area contributed by atoms with Gasteiger partial charge in [-0.2, -0.15) is 9.78 Å². The van der Waals surface area contributed by atoms with Crippen LogP contribution in [0, 0.1) is 0 Å². The summed E-state index contributed by atoms with van der Waals surface area (Å²) in [6, 6.07) is 19.7. The molecule has 6 rings (SSSR count). The molecule has 10 heteroatoms. The van der Waals surface area contributed by atoms with E-state index < -0.39 is 0 Å². The molecule has 1 aliphatic heterocycles. The van der Waals surface area contributed by atoms with Crippen molar-refractivity contribution < 1.29 is 14.2 Å². The van der Waals surface area contributed by atoms with Gasteiger partial charge in [0.05, 0.1) is 33.2 Å². The highest BCUT2D eigenvalue weighted by Crippen LogP contribution is 2.29. The maximum Gasteiger partial charge on any atom is 0.298 e. The molecule has 0 amide bonds. The van der Waals surface area contributed by atoms with Gasteiger partial charge in [-0.25, -0.2) is 4.98 Å². The lowest BCUT2D eigenvalue weighted by molar-refractivity contribution is 0.245. The van der Waals surface area contributed by atoms with Gasteiger partial charge in [0.25, 0.3) is 5.56 Å². The number of rotatable bonds is 8. The molecule has 10 nitrogen and oxygen atoms in total. The zero-order chi connectivity index (χ0) is 28.3. The number of fused-ring (bicyclic) bond motifs is 3. The molecule has 0 radical (unpaired) electrons. The van der Waals surface area contributed by atoms with Crippen LogP contribution in [0.3, 0.4) is 0 Å². The molecule has 2 aromatic heterocycles. The Labute approximate surface area is 237 Å². The van der Waals surface area contributed by atoms with Crippen LogP contribution >= 0.6 is 0 Å². The van der Waals surface area contributed by atoms with Gasteiger partial charge < -0.3 is 24.1 Å². The van der Waals surface area contributed by atoms with Gasteiger partial charge >= 0.3 is 0 Å². The summed E-state index contributed by atoms with van der Waals surface area (Å²) in [5.41, 5.74) is 4.58. The lowest BCUT2D eigenvalue weighted by Crippen LogP contribution is -2.46. The molecule has 0 aliphatic carbocycles. The van der Waals surface area contributed by atoms with Gasteiger partial charge in [-0.3, -0.25) is 9.69 Å². The van der Waals surface area contributed by atoms with Crippen molar-refractivity contribution in [2.45, 2.75) is 6.54 Å². The first-order valence-electron chi connectivity index (χ1n) is 13.5. The predicted molar refractivity (Wildman–Crippen MR) is 161 cm³/mol. The maximum atomic E-state index is 13.2. The second kappa shape index (κ2) is 11.3. The number of aromatic nitrogens is 3. The lowest BCUT2D eigenvalue weighted by atomic mass is 10.1. The smallest absolute Gasteiger partial charge is 0.298 e. The van der Waals surface area contributed by atoms with Gasteiger partial charge in [0.15, 0.2) is 0 Å². The largest absolute Gasteiger partial charge is 0.497 e. The summed E-state index contributed by atoms with van der Waals surface area (Å²) in [6.45, 7) is 4.39. The zero-order valence-electron chi connectivity index (χ0n) is 23.3. The molecule has 0 spiro atoms. The van der Waals surface area contributed by atoms with Crippen molar-refractivity contribution in [1.82, 2.24) is 19.5 Å². The number of hydrogen-bond acceptors (Lipinski definition) is 8. The summed E-state index contributed by atoms with van der Waals surface area (Å²) >= 11 is 0. The van der Waals surface area contributed by atoms with Crippen LogP contribution in [0.4, 0.5) is 5.69 Å². The molecule has 1 aliphatic rings. The summed E-state index contributed by atoms with van der Waals surface area (Å²) in [5, 5.41) is 5.26. The van der Waals surface area contributed by atoms with Gasteiger partial charge in [0.1, 0.15) is 34.6 Å². The summed E-state index contributed by atoms with van der Waals surface area (Å²) in [4.78, 5) is 25.6. The van der Waals surface area contributed by atoms with Crippen molar-refractivity contribution in [2.75, 3.05) is 52.4 Å². The summed E-state index contributed by atoms with van der Waals surface area (Å²) < 4.78 is 17.8. The molecule has 210 valence electrons. The van der Waals surface area contributed by atoms with Crippen LogP contribution in [0.25, 0.3) is 21.9 Å². The van der Waals surface area contributed by atoms with Gasteiger partial charge in [-0.1, -0.05) is 12.1 Å². The zero-order valence-corrected chi connectivity index (χ0v) is 23.3. The van der Waals surface area contributed by atoms with Gasteiger partial charge in [0.2, 0.25) is 0 Å². The van der Waals surface area contributed by atoms with E-state index in [1.807, 2.05) is 48.5 Å². The van der Waals surface area contributed by atoms with Crippen LogP contribution in [0.5, 0.6) is 17.2 Å². The Kier molecular flexibility index (Phi) is 7.30. The van der Waals surface area contributed by atoms with E-state index >= 15 is 0 Å². The quantitative estimate of drug-likeness (QED) is 0.290. The molecule has 0 saturated carbocycles. The lowest BCUT2D eigenvalue weighted by Gasteiger charge is -2.36. The van der Waals surface area contributed by atoms with E-state index in [9.17, 15) is 4.79 Å². The number of nitrogens with zero attached hydrogens (tertiary/aromatic N) is 5. The highest BCUT2D eigenvalue weighted by molar-refractivity contribution is 6.04. The second-order valence-electron chi connectivity index (χ2n) is 9.91. The number of hydrogen-bond donors (Lipinski definition) is 1. The number of H-pyrrole nitrogens is 1. The third-order valence-electron chi connectivity index (χ3n) is 7.52. The van der Waals surface area contributed by atoms with Gasteiger partial charge in [-0.05, 0) is 54.1 Å². The molecule has 1 fully saturated rings. The Balaban J connectivity index is 1.19. The molecule has 0 bridgehead atoms. The number of ether oxygens (including phenoxy) is 3. The van der Waals surface area contributed by atoms with Crippen molar-refractivity contribution in [3.8, 4) is 17.2 Å². The van der Waals surface area contributed by atoms with Crippen LogP contribution in [0.15, 0.2) is 76.9 Å². The maximum absolute atomic E-state index is 13.2. The summed E-state index contributed by atoms with van der Waals surface area (Å²) in [6.07, 6.45) is 3.11. The van der Waals surface area contributed by atoms with Gasteiger partial charge in [-0.15, -0.1) is 0 Å². The molecular weight excluding hydrogens is 520 g/mol. The predicted octanol–water partition coefficient (Wildman–Crippen LogP) is 4.11. The number of nitrogens with one attached hydrogen (secondary N) is 1. The van der Waals surface area contributed by atoms with E-state index in [1.54, 1.807) is 27.5 Å². The van der Waals surface area contributed by atoms with E-state index in [0.717, 1.165) is 71.9 Å². The van der Waals surface area contributed by atoms with E-state index in [1.165, 1.54) is 11.0 Å². The van der Waals surface area contributed by atoms with Gasteiger partial charge in [0, 0.05) is 49.2 Å². The average Bonchev–Trinajstić information content (AvgIpc) is 3.40. The molecule has 3 aromatic carbocycles. The number of benzene rings is 3. The monoisotopic (exact) mass is 552 g/mol. The second-order valence-corrected chi connectivity index (χ2v) is 9.91. The Hall–Kier alpha value is -4.83. The molecular formula is C31H32N6O4. The number of piperazine rings is 1. The Morgan fingerprint density at radius 2 is 1.73 bits per heavy atom. The number of anilines is 1. The van der Waals surface area contributed by atoms with Crippen molar-refractivity contribution in [3.63, 3.8) is 0 Å². The third-order valence-corrected chi connectivity index (χ3v) is 7.52. The van der Waals surface area contributed by atoms with E-state index in [2.05, 4.69) is 37.0 Å². The van der Waals surface area contributed by atoms with Crippen LogP contribution in [-0.4, -0.2) is 73.3 Å². The molecule has 1 saturated heterocycles. The molecule has 41 heavy (non-hydrogen) atoms. The first-order valence-corrected chi connectivity index (χ1v) is 13.5. The normalized spacial score (nSPS) is 14.3. The summed E-state index contributed by atoms with van der Waals surface area (Å²) in [5.74, 6) is 2.42. The van der Waals surface area contributed by atoms with E-state index in [0.29, 0.717) is 16.8 Å². The molecule has 0 atom stereocenters. The van der Waals surface area contributed by atoms with Crippen LogP contribution < -0.4 is 24.7 Å². The number of para-hydroxylation sites is 2. The molecule has 3 heterocycles. The summed E-state index contributed by atoms with van der Waals surface area (Å²) in [7, 11) is 5.00. The van der Waals surface area contributed by atoms with Crippen molar-refractivity contribution in [3.05, 3.63) is 88.5 Å². The fourth-order valence-electron chi connectivity index (χ4n) is 5.34. The highest BCUT2D eigenvalue weighted by Gasteiger charge is 2.20. The first-order chi connectivity index (χ1) is 20.1. The highest BCUT2D eigenvalue weighted by atomic mass is 16.5. The van der Waals surface area contributed by atoms with E-state index in [-0.39, 0.29) is 5.56 Å². The first kappa shape index (κ1) is 26.4. The van der Waals surface area contributed by atoms with E-state index in [4.69, 9.17) is 14.2 Å². The molecule has 1 N–H and O–H groups in total. The fraction of sp³-hybridized carbons (Fsp3) is 0.258. The minimum absolute atomic E-state index is 0.275. The van der Waals surface area contributed by atoms with Crippen LogP contribution in [0.1, 0.15) is 11.1 Å². The van der Waals surface area contributed by atoms with Crippen molar-refractivity contribution in [2.24, 2.45) is 5.10 Å². The fourth-order valence-corrected chi connectivity index (χ4v) is 5.34. The molecule has 0 unspecified atom stereocenters. The van der Waals surface area contributed by atoms with Crippen molar-refractivity contribution in [1.29, 1.82) is 0 Å². The Bertz CT molecular complexity index is 1790. The number of methoxy groups -OCH3 is 3. The SMILES string of the molecule is COc1ccc2[nH]c3c(=O)n(N=Cc4ccc(OC)c(CN5CCN(c6ccccc6OC)CC5)c4)cnc3c2c1. The van der Waals surface area contributed by atoms with Crippen LogP contribution in [-0.2, 0) is 6.54 Å². The number of aromatic amines is 1. The topological polar surface area (TPSA) is 97.2 Å². The molecule has 5 aromatic rings. The standard InChI is InChI=1S/C31H32N6O4/c1-39-23-9-10-25-24(17-23)29-30(34-25)31(38)37(20-32-29)33-18-21-8-11-27(40-2)22(16-21)19-35-12-14-36(15-13-35)26-6-4-5-7-28(26)41-3/h4-11,16-18,20,34H,12-15,19H2,1-3H3. The minimum atomic E-state index is -0.275. The third kappa shape index (κ3) is 5.21. The van der Waals surface area contributed by atoms with Crippen molar-refractivity contribution >= 4 is 33.8 Å².